The lowest BCUT2D eigenvalue weighted by Crippen LogP contribution is -2.26. The van der Waals surface area contributed by atoms with Gasteiger partial charge in [-0.3, -0.25) is 4.79 Å². The van der Waals surface area contributed by atoms with Crippen LogP contribution < -0.4 is 11.5 Å². The van der Waals surface area contributed by atoms with E-state index in [1.54, 1.807) is 29.2 Å². The lowest BCUT2D eigenvalue weighted by molar-refractivity contribution is -0.127. The molecule has 0 fully saturated rings. The Bertz CT molecular complexity index is 853. The van der Waals surface area contributed by atoms with E-state index in [9.17, 15) is 4.79 Å². The number of rotatable bonds is 2. The third-order valence-electron chi connectivity index (χ3n) is 3.93. The summed E-state index contributed by atoms with van der Waals surface area (Å²) in [6.45, 7) is 2.22. The van der Waals surface area contributed by atoms with Crippen LogP contribution in [0.5, 0.6) is 0 Å². The van der Waals surface area contributed by atoms with E-state index in [2.05, 4.69) is 9.97 Å². The van der Waals surface area contributed by atoms with Crippen LogP contribution in [0.15, 0.2) is 24.3 Å². The van der Waals surface area contributed by atoms with Crippen LogP contribution in [-0.2, 0) is 11.3 Å². The number of nitrogens with zero attached hydrogens (tertiary/aromatic N) is 3. The van der Waals surface area contributed by atoms with Crippen LogP contribution in [0.4, 0.5) is 11.8 Å². The average molecular weight is 364 g/mol. The minimum atomic E-state index is -0.231. The van der Waals surface area contributed by atoms with E-state index in [-0.39, 0.29) is 17.9 Å². The zero-order valence-corrected chi connectivity index (χ0v) is 14.3. The van der Waals surface area contributed by atoms with Crippen molar-refractivity contribution in [2.45, 2.75) is 19.5 Å². The SMILES string of the molecule is CC1c2nc(N)nc(N)c2CN1C(=O)/C=C/c1ccc(Cl)cc1Cl. The third kappa shape index (κ3) is 3.02. The average Bonchev–Trinajstić information content (AvgIpc) is 2.84. The normalized spacial score (nSPS) is 16.6. The summed E-state index contributed by atoms with van der Waals surface area (Å²) in [5.74, 6) is 0.241. The number of fused-ring (bicyclic) bond motifs is 1. The van der Waals surface area contributed by atoms with Crippen LogP contribution in [0.25, 0.3) is 6.08 Å². The molecule has 1 aromatic carbocycles. The Morgan fingerprint density at radius 1 is 1.33 bits per heavy atom. The van der Waals surface area contributed by atoms with E-state index in [0.717, 1.165) is 5.56 Å². The van der Waals surface area contributed by atoms with E-state index in [0.29, 0.717) is 33.7 Å². The van der Waals surface area contributed by atoms with Crippen molar-refractivity contribution in [3.05, 3.63) is 51.1 Å². The van der Waals surface area contributed by atoms with Crippen LogP contribution in [0.2, 0.25) is 10.0 Å². The molecule has 1 atom stereocenters. The van der Waals surface area contributed by atoms with Gasteiger partial charge in [0.05, 0.1) is 18.3 Å². The highest BCUT2D eigenvalue weighted by molar-refractivity contribution is 6.35. The summed E-state index contributed by atoms with van der Waals surface area (Å²) in [4.78, 5) is 22.3. The summed E-state index contributed by atoms with van der Waals surface area (Å²) in [6, 6.07) is 4.86. The fourth-order valence-electron chi connectivity index (χ4n) is 2.66. The van der Waals surface area contributed by atoms with Gasteiger partial charge in [-0.15, -0.1) is 0 Å². The highest BCUT2D eigenvalue weighted by Gasteiger charge is 2.33. The van der Waals surface area contributed by atoms with E-state index in [4.69, 9.17) is 34.7 Å². The number of anilines is 2. The van der Waals surface area contributed by atoms with Crippen molar-refractivity contribution in [1.29, 1.82) is 0 Å². The summed E-state index contributed by atoms with van der Waals surface area (Å²) in [5.41, 5.74) is 13.6. The molecule has 1 amide bonds. The van der Waals surface area contributed by atoms with Gasteiger partial charge in [-0.2, -0.15) is 4.98 Å². The van der Waals surface area contributed by atoms with Crippen molar-refractivity contribution in [2.24, 2.45) is 0 Å². The molecule has 0 spiro atoms. The highest BCUT2D eigenvalue weighted by atomic mass is 35.5. The molecule has 8 heteroatoms. The van der Waals surface area contributed by atoms with E-state index in [1.165, 1.54) is 6.08 Å². The van der Waals surface area contributed by atoms with Gasteiger partial charge >= 0.3 is 0 Å². The number of carbonyl (C=O) groups is 1. The predicted molar refractivity (Wildman–Crippen MR) is 95.3 cm³/mol. The third-order valence-corrected chi connectivity index (χ3v) is 4.49. The molecule has 1 aliphatic heterocycles. The Labute approximate surface area is 149 Å². The zero-order valence-electron chi connectivity index (χ0n) is 12.8. The predicted octanol–water partition coefficient (Wildman–Crippen LogP) is 3.06. The van der Waals surface area contributed by atoms with Gasteiger partial charge in [0.15, 0.2) is 0 Å². The van der Waals surface area contributed by atoms with Gasteiger partial charge in [-0.05, 0) is 30.7 Å². The number of halogens is 2. The van der Waals surface area contributed by atoms with Crippen molar-refractivity contribution < 1.29 is 4.79 Å². The van der Waals surface area contributed by atoms with E-state index >= 15 is 0 Å². The summed E-state index contributed by atoms with van der Waals surface area (Å²) in [6.07, 6.45) is 3.12. The molecule has 1 aromatic heterocycles. The maximum absolute atomic E-state index is 12.5. The zero-order chi connectivity index (χ0) is 17.4. The molecule has 0 saturated carbocycles. The first-order valence-electron chi connectivity index (χ1n) is 7.22. The number of nitrogens with two attached hydrogens (primary N) is 2. The lowest BCUT2D eigenvalue weighted by atomic mass is 10.2. The van der Waals surface area contributed by atoms with Crippen molar-refractivity contribution in [3.8, 4) is 0 Å². The van der Waals surface area contributed by atoms with Crippen LogP contribution in [0.1, 0.15) is 29.8 Å². The Balaban J connectivity index is 1.82. The Morgan fingerprint density at radius 3 is 2.79 bits per heavy atom. The molecule has 1 unspecified atom stereocenters. The van der Waals surface area contributed by atoms with Crippen LogP contribution in [0.3, 0.4) is 0 Å². The van der Waals surface area contributed by atoms with Gasteiger partial charge < -0.3 is 16.4 Å². The molecule has 6 nitrogen and oxygen atoms in total. The molecular formula is C16H15Cl2N5O. The lowest BCUT2D eigenvalue weighted by Gasteiger charge is -2.19. The van der Waals surface area contributed by atoms with Gasteiger partial charge in [-0.1, -0.05) is 29.3 Å². The summed E-state index contributed by atoms with van der Waals surface area (Å²) in [5, 5.41) is 1.02. The Morgan fingerprint density at radius 2 is 2.08 bits per heavy atom. The number of amides is 1. The van der Waals surface area contributed by atoms with Gasteiger partial charge in [0.25, 0.3) is 0 Å². The molecule has 1 aliphatic rings. The summed E-state index contributed by atoms with van der Waals surface area (Å²) >= 11 is 12.0. The fraction of sp³-hybridized carbons (Fsp3) is 0.188. The van der Waals surface area contributed by atoms with Crippen molar-refractivity contribution >= 4 is 47.0 Å². The van der Waals surface area contributed by atoms with Gasteiger partial charge in [-0.25, -0.2) is 4.98 Å². The van der Waals surface area contributed by atoms with Crippen molar-refractivity contribution in [3.63, 3.8) is 0 Å². The maximum atomic E-state index is 12.5. The smallest absolute Gasteiger partial charge is 0.247 e. The van der Waals surface area contributed by atoms with Crippen LogP contribution in [0, 0.1) is 0 Å². The van der Waals surface area contributed by atoms with Gasteiger partial charge in [0.2, 0.25) is 11.9 Å². The van der Waals surface area contributed by atoms with Crippen molar-refractivity contribution in [1.82, 2.24) is 14.9 Å². The molecule has 124 valence electrons. The molecule has 0 radical (unpaired) electrons. The van der Waals surface area contributed by atoms with Gasteiger partial charge in [0, 0.05) is 21.7 Å². The van der Waals surface area contributed by atoms with Crippen molar-refractivity contribution in [2.75, 3.05) is 11.5 Å². The molecule has 2 heterocycles. The monoisotopic (exact) mass is 363 g/mol. The quantitative estimate of drug-likeness (QED) is 0.798. The molecule has 4 N–H and O–H groups in total. The number of aromatic nitrogens is 2. The maximum Gasteiger partial charge on any atom is 0.247 e. The molecule has 0 saturated heterocycles. The van der Waals surface area contributed by atoms with Crippen LogP contribution in [-0.4, -0.2) is 20.8 Å². The largest absolute Gasteiger partial charge is 0.383 e. The Hall–Kier alpha value is -2.31. The van der Waals surface area contributed by atoms with Gasteiger partial charge in [0.1, 0.15) is 5.82 Å². The molecule has 2 aromatic rings. The number of carbonyl (C=O) groups excluding carboxylic acids is 1. The first-order valence-corrected chi connectivity index (χ1v) is 7.98. The highest BCUT2D eigenvalue weighted by Crippen LogP contribution is 2.35. The minimum absolute atomic E-state index is 0.107. The summed E-state index contributed by atoms with van der Waals surface area (Å²) < 4.78 is 0. The number of hydrogen-bond donors (Lipinski definition) is 2. The Kier molecular flexibility index (Phi) is 4.34. The number of nitrogen functional groups attached to an aromatic ring is 2. The van der Waals surface area contributed by atoms with E-state index in [1.807, 2.05) is 6.92 Å². The summed E-state index contributed by atoms with van der Waals surface area (Å²) in [7, 11) is 0. The molecule has 0 bridgehead atoms. The number of benzene rings is 1. The molecule has 3 rings (SSSR count). The number of hydrogen-bond acceptors (Lipinski definition) is 5. The topological polar surface area (TPSA) is 98.1 Å². The van der Waals surface area contributed by atoms with E-state index < -0.39 is 0 Å². The molecule has 0 aliphatic carbocycles. The molecular weight excluding hydrogens is 349 g/mol. The first-order chi connectivity index (χ1) is 11.4. The first kappa shape index (κ1) is 16.5. The standard InChI is InChI=1S/C16H15Cl2N5O/c1-8-14-11(15(19)22-16(20)21-14)7-23(8)13(24)5-3-9-2-4-10(17)6-12(9)18/h2-6,8H,7H2,1H3,(H4,19,20,21,22)/b5-3+. The molecule has 24 heavy (non-hydrogen) atoms. The fourth-order valence-corrected chi connectivity index (χ4v) is 3.13. The second-order valence-electron chi connectivity index (χ2n) is 5.47. The van der Waals surface area contributed by atoms with Crippen LogP contribution >= 0.6 is 23.2 Å². The second-order valence-corrected chi connectivity index (χ2v) is 6.32. The minimum Gasteiger partial charge on any atom is -0.383 e. The second kappa shape index (κ2) is 6.30.